The molecule has 2 aliphatic rings. The highest BCUT2D eigenvalue weighted by Crippen LogP contribution is 2.22. The first kappa shape index (κ1) is 6.62. The number of nitrogens with one attached hydrogen (secondary N) is 1. The van der Waals surface area contributed by atoms with Crippen molar-refractivity contribution >= 4 is 0 Å². The predicted octanol–water partition coefficient (Wildman–Crippen LogP) is 0.917. The minimum Gasteiger partial charge on any atom is -0.377 e. The molecular formula is C8H15NO. The highest BCUT2D eigenvalue weighted by molar-refractivity contribution is 4.80. The Morgan fingerprint density at radius 1 is 1.30 bits per heavy atom. The molecule has 1 heterocycles. The van der Waals surface area contributed by atoms with Gasteiger partial charge in [0.1, 0.15) is 0 Å². The van der Waals surface area contributed by atoms with Gasteiger partial charge >= 0.3 is 0 Å². The maximum atomic E-state index is 5.61. The second-order valence-electron chi connectivity index (χ2n) is 3.31. The normalized spacial score (nSPS) is 40.8. The van der Waals surface area contributed by atoms with Crippen LogP contribution in [0.25, 0.3) is 0 Å². The molecule has 10 heavy (non-hydrogen) atoms. The van der Waals surface area contributed by atoms with Gasteiger partial charge in [0.2, 0.25) is 0 Å². The van der Waals surface area contributed by atoms with Crippen LogP contribution >= 0.6 is 0 Å². The van der Waals surface area contributed by atoms with Crippen LogP contribution in [0.4, 0.5) is 0 Å². The maximum absolute atomic E-state index is 5.61. The van der Waals surface area contributed by atoms with E-state index in [0.29, 0.717) is 6.10 Å². The monoisotopic (exact) mass is 141 g/mol. The summed E-state index contributed by atoms with van der Waals surface area (Å²) in [5.74, 6) is 0. The first-order valence-electron chi connectivity index (χ1n) is 4.30. The van der Waals surface area contributed by atoms with Crippen LogP contribution in [0.3, 0.4) is 0 Å². The van der Waals surface area contributed by atoms with Gasteiger partial charge in [0.15, 0.2) is 0 Å². The van der Waals surface area contributed by atoms with Crippen molar-refractivity contribution in [3.63, 3.8) is 0 Å². The molecule has 0 aromatic carbocycles. The van der Waals surface area contributed by atoms with Crippen LogP contribution in [0, 0.1) is 0 Å². The standard InChI is InChI=1S/C8H15NO/c1-2-7-6-8(3-1)10-5-4-9-7/h7-9H,1-6H2. The fraction of sp³-hybridized carbons (Fsp3) is 1.00. The van der Waals surface area contributed by atoms with E-state index in [9.17, 15) is 0 Å². The summed E-state index contributed by atoms with van der Waals surface area (Å²) in [7, 11) is 0. The van der Waals surface area contributed by atoms with E-state index in [1.165, 1.54) is 25.7 Å². The highest BCUT2D eigenvalue weighted by Gasteiger charge is 2.23. The van der Waals surface area contributed by atoms with Gasteiger partial charge in [-0.2, -0.15) is 0 Å². The molecule has 2 unspecified atom stereocenters. The van der Waals surface area contributed by atoms with E-state index in [-0.39, 0.29) is 0 Å². The van der Waals surface area contributed by atoms with Crippen LogP contribution in [0.15, 0.2) is 0 Å². The Morgan fingerprint density at radius 2 is 2.30 bits per heavy atom. The molecule has 2 heteroatoms. The van der Waals surface area contributed by atoms with Crippen LogP contribution < -0.4 is 5.32 Å². The Morgan fingerprint density at radius 3 is 3.30 bits per heavy atom. The van der Waals surface area contributed by atoms with Crippen LogP contribution in [-0.4, -0.2) is 25.3 Å². The summed E-state index contributed by atoms with van der Waals surface area (Å²) in [6, 6.07) is 0.765. The number of ether oxygens (including phenoxy) is 1. The van der Waals surface area contributed by atoms with Crippen molar-refractivity contribution in [2.45, 2.75) is 37.8 Å². The van der Waals surface area contributed by atoms with Crippen molar-refractivity contribution in [3.05, 3.63) is 0 Å². The molecule has 1 aliphatic heterocycles. The number of hydrogen-bond acceptors (Lipinski definition) is 2. The van der Waals surface area contributed by atoms with E-state index in [1.807, 2.05) is 0 Å². The predicted molar refractivity (Wildman–Crippen MR) is 40.0 cm³/mol. The van der Waals surface area contributed by atoms with Crippen molar-refractivity contribution in [2.24, 2.45) is 0 Å². The molecule has 1 aliphatic carbocycles. The average molecular weight is 141 g/mol. The Hall–Kier alpha value is -0.0800. The summed E-state index contributed by atoms with van der Waals surface area (Å²) < 4.78 is 5.61. The fourth-order valence-corrected chi connectivity index (χ4v) is 1.97. The summed E-state index contributed by atoms with van der Waals surface area (Å²) in [6.07, 6.45) is 5.83. The van der Waals surface area contributed by atoms with Crippen LogP contribution in [0.5, 0.6) is 0 Å². The molecule has 2 bridgehead atoms. The van der Waals surface area contributed by atoms with Gasteiger partial charge in [0, 0.05) is 12.6 Å². The topological polar surface area (TPSA) is 21.3 Å². The minimum absolute atomic E-state index is 0.578. The largest absolute Gasteiger partial charge is 0.377 e. The molecule has 1 saturated heterocycles. The molecule has 2 atom stereocenters. The van der Waals surface area contributed by atoms with Gasteiger partial charge < -0.3 is 10.1 Å². The molecule has 0 amide bonds. The first-order valence-corrected chi connectivity index (χ1v) is 4.30. The third-order valence-electron chi connectivity index (χ3n) is 2.51. The van der Waals surface area contributed by atoms with E-state index in [2.05, 4.69) is 5.32 Å². The molecule has 2 nitrogen and oxygen atoms in total. The quantitative estimate of drug-likeness (QED) is 0.541. The lowest BCUT2D eigenvalue weighted by Gasteiger charge is -2.25. The zero-order valence-electron chi connectivity index (χ0n) is 6.31. The van der Waals surface area contributed by atoms with E-state index in [4.69, 9.17) is 4.74 Å². The Kier molecular flexibility index (Phi) is 1.91. The first-order chi connectivity index (χ1) is 4.95. The van der Waals surface area contributed by atoms with Crippen LogP contribution in [-0.2, 0) is 4.74 Å². The van der Waals surface area contributed by atoms with Crippen LogP contribution in [0.2, 0.25) is 0 Å². The van der Waals surface area contributed by atoms with E-state index < -0.39 is 0 Å². The Balaban J connectivity index is 1.96. The third kappa shape index (κ3) is 1.32. The van der Waals surface area contributed by atoms with Gasteiger partial charge in [-0.1, -0.05) is 0 Å². The molecule has 0 spiro atoms. The zero-order valence-corrected chi connectivity index (χ0v) is 6.31. The molecular weight excluding hydrogens is 126 g/mol. The maximum Gasteiger partial charge on any atom is 0.0594 e. The lowest BCUT2D eigenvalue weighted by molar-refractivity contribution is 0.0445. The minimum atomic E-state index is 0.578. The van der Waals surface area contributed by atoms with Crippen molar-refractivity contribution in [1.29, 1.82) is 0 Å². The molecule has 1 N–H and O–H groups in total. The number of fused-ring (bicyclic) bond motifs is 2. The highest BCUT2D eigenvalue weighted by atomic mass is 16.5. The summed E-state index contributed by atoms with van der Waals surface area (Å²) in [5.41, 5.74) is 0. The molecule has 1 saturated carbocycles. The van der Waals surface area contributed by atoms with Crippen molar-refractivity contribution < 1.29 is 4.74 Å². The molecule has 2 fully saturated rings. The lowest BCUT2D eigenvalue weighted by Crippen LogP contribution is -2.33. The van der Waals surface area contributed by atoms with E-state index >= 15 is 0 Å². The summed E-state index contributed by atoms with van der Waals surface area (Å²) >= 11 is 0. The van der Waals surface area contributed by atoms with Crippen LogP contribution in [0.1, 0.15) is 25.7 Å². The smallest absolute Gasteiger partial charge is 0.0594 e. The van der Waals surface area contributed by atoms with Crippen molar-refractivity contribution in [2.75, 3.05) is 13.2 Å². The van der Waals surface area contributed by atoms with Gasteiger partial charge in [-0.05, 0) is 25.7 Å². The van der Waals surface area contributed by atoms with Gasteiger partial charge in [-0.25, -0.2) is 0 Å². The third-order valence-corrected chi connectivity index (χ3v) is 2.51. The molecule has 0 aromatic rings. The number of rotatable bonds is 0. The van der Waals surface area contributed by atoms with Gasteiger partial charge in [-0.15, -0.1) is 0 Å². The zero-order chi connectivity index (χ0) is 6.81. The second kappa shape index (κ2) is 2.89. The van der Waals surface area contributed by atoms with Crippen molar-refractivity contribution in [1.82, 2.24) is 5.32 Å². The molecule has 0 radical (unpaired) electrons. The van der Waals surface area contributed by atoms with Gasteiger partial charge in [-0.3, -0.25) is 0 Å². The molecule has 58 valence electrons. The van der Waals surface area contributed by atoms with E-state index in [0.717, 1.165) is 19.2 Å². The molecule has 2 rings (SSSR count). The van der Waals surface area contributed by atoms with Crippen molar-refractivity contribution in [3.8, 4) is 0 Å². The summed E-state index contributed by atoms with van der Waals surface area (Å²) in [5, 5.41) is 3.49. The van der Waals surface area contributed by atoms with Gasteiger partial charge in [0.05, 0.1) is 12.7 Å². The van der Waals surface area contributed by atoms with E-state index in [1.54, 1.807) is 0 Å². The average Bonchev–Trinajstić information content (AvgIpc) is 2.12. The Bertz CT molecular complexity index is 104. The summed E-state index contributed by atoms with van der Waals surface area (Å²) in [4.78, 5) is 0. The summed E-state index contributed by atoms with van der Waals surface area (Å²) in [6.45, 7) is 1.97. The SMILES string of the molecule is C1CC2CC(C1)OCCN2. The Labute approximate surface area is 61.9 Å². The number of hydrogen-bond donors (Lipinski definition) is 1. The fourth-order valence-electron chi connectivity index (χ4n) is 1.97. The lowest BCUT2D eigenvalue weighted by atomic mass is 9.93. The molecule has 0 aromatic heterocycles. The van der Waals surface area contributed by atoms with Gasteiger partial charge in [0.25, 0.3) is 0 Å². The second-order valence-corrected chi connectivity index (χ2v) is 3.31.